The summed E-state index contributed by atoms with van der Waals surface area (Å²) in [5.41, 5.74) is 0. The van der Waals surface area contributed by atoms with E-state index in [0.717, 1.165) is 19.3 Å². The third-order valence-corrected chi connectivity index (χ3v) is 4.17. The first-order valence-electron chi connectivity index (χ1n) is 6.08. The van der Waals surface area contributed by atoms with Crippen LogP contribution in [0.3, 0.4) is 0 Å². The lowest BCUT2D eigenvalue weighted by Gasteiger charge is -2.19. The van der Waals surface area contributed by atoms with Crippen molar-refractivity contribution in [2.45, 2.75) is 30.4 Å². The Morgan fingerprint density at radius 1 is 1.39 bits per heavy atom. The van der Waals surface area contributed by atoms with E-state index in [4.69, 9.17) is 0 Å². The van der Waals surface area contributed by atoms with Gasteiger partial charge in [0.05, 0.1) is 18.8 Å². The van der Waals surface area contributed by atoms with Gasteiger partial charge in [0.25, 0.3) is 0 Å². The minimum absolute atomic E-state index is 0.191. The number of aliphatic hydroxyl groups is 1. The van der Waals surface area contributed by atoms with Crippen LogP contribution >= 0.6 is 0 Å². The summed E-state index contributed by atoms with van der Waals surface area (Å²) >= 11 is 0. The van der Waals surface area contributed by atoms with Gasteiger partial charge in [-0.05, 0) is 25.9 Å². The SMILES string of the molecule is CS(=O)(=O)c1cnn(CC(O)CN2CCCC2)c1. The Hall–Kier alpha value is -0.920. The molecule has 1 saturated heterocycles. The third kappa shape index (κ3) is 3.54. The second-order valence-electron chi connectivity index (χ2n) is 4.83. The van der Waals surface area contributed by atoms with Crippen LogP contribution in [0.15, 0.2) is 17.3 Å². The van der Waals surface area contributed by atoms with Crippen LogP contribution < -0.4 is 0 Å². The fourth-order valence-corrected chi connectivity index (χ4v) is 2.72. The van der Waals surface area contributed by atoms with E-state index < -0.39 is 15.9 Å². The van der Waals surface area contributed by atoms with Crippen molar-refractivity contribution in [2.24, 2.45) is 0 Å². The predicted octanol–water partition coefficient (Wildman–Crippen LogP) is -0.257. The quantitative estimate of drug-likeness (QED) is 0.800. The molecule has 1 unspecified atom stereocenters. The van der Waals surface area contributed by atoms with Crippen LogP contribution in [-0.4, -0.2) is 60.2 Å². The van der Waals surface area contributed by atoms with Gasteiger partial charge in [0.15, 0.2) is 9.84 Å². The summed E-state index contributed by atoms with van der Waals surface area (Å²) in [6, 6.07) is 0. The Kier molecular flexibility index (Phi) is 4.04. The molecule has 102 valence electrons. The maximum absolute atomic E-state index is 11.3. The zero-order chi connectivity index (χ0) is 13.2. The Labute approximate surface area is 107 Å². The fourth-order valence-electron chi connectivity index (χ4n) is 2.17. The van der Waals surface area contributed by atoms with Crippen LogP contribution in [0, 0.1) is 0 Å². The molecule has 2 rings (SSSR count). The second-order valence-corrected chi connectivity index (χ2v) is 6.85. The molecule has 6 nitrogen and oxygen atoms in total. The molecule has 1 aromatic rings. The highest BCUT2D eigenvalue weighted by molar-refractivity contribution is 7.90. The number of hydrogen-bond donors (Lipinski definition) is 1. The molecule has 0 bridgehead atoms. The highest BCUT2D eigenvalue weighted by Crippen LogP contribution is 2.10. The summed E-state index contributed by atoms with van der Waals surface area (Å²) in [7, 11) is -3.22. The summed E-state index contributed by atoms with van der Waals surface area (Å²) in [4.78, 5) is 2.40. The minimum atomic E-state index is -3.22. The molecule has 1 aliphatic rings. The van der Waals surface area contributed by atoms with Crippen molar-refractivity contribution in [1.29, 1.82) is 0 Å². The zero-order valence-corrected chi connectivity index (χ0v) is 11.3. The van der Waals surface area contributed by atoms with Gasteiger partial charge in [0.1, 0.15) is 4.90 Å². The minimum Gasteiger partial charge on any atom is -0.390 e. The molecule has 1 aromatic heterocycles. The van der Waals surface area contributed by atoms with Crippen LogP contribution in [0.4, 0.5) is 0 Å². The van der Waals surface area contributed by atoms with Crippen molar-refractivity contribution < 1.29 is 13.5 Å². The van der Waals surface area contributed by atoms with E-state index in [-0.39, 0.29) is 4.90 Å². The van der Waals surface area contributed by atoms with Gasteiger partial charge in [-0.1, -0.05) is 0 Å². The molecule has 0 amide bonds. The molecule has 1 N–H and O–H groups in total. The van der Waals surface area contributed by atoms with Crippen molar-refractivity contribution in [3.63, 3.8) is 0 Å². The second kappa shape index (κ2) is 5.38. The lowest BCUT2D eigenvalue weighted by atomic mass is 10.3. The largest absolute Gasteiger partial charge is 0.390 e. The molecule has 1 aliphatic heterocycles. The highest BCUT2D eigenvalue weighted by Gasteiger charge is 2.17. The average Bonchev–Trinajstić information content (AvgIpc) is 2.87. The van der Waals surface area contributed by atoms with Crippen molar-refractivity contribution in [2.75, 3.05) is 25.9 Å². The Balaban J connectivity index is 1.90. The van der Waals surface area contributed by atoms with Gasteiger partial charge < -0.3 is 10.0 Å². The van der Waals surface area contributed by atoms with Crippen molar-refractivity contribution >= 4 is 9.84 Å². The van der Waals surface area contributed by atoms with Crippen LogP contribution in [0.1, 0.15) is 12.8 Å². The number of aliphatic hydroxyl groups excluding tert-OH is 1. The molecule has 1 fully saturated rings. The normalized spacial score (nSPS) is 19.2. The van der Waals surface area contributed by atoms with E-state index in [0.29, 0.717) is 13.1 Å². The van der Waals surface area contributed by atoms with Crippen molar-refractivity contribution in [1.82, 2.24) is 14.7 Å². The van der Waals surface area contributed by atoms with Crippen LogP contribution in [0.25, 0.3) is 0 Å². The maximum atomic E-state index is 11.3. The van der Waals surface area contributed by atoms with Gasteiger partial charge in [-0.25, -0.2) is 8.42 Å². The number of sulfone groups is 1. The molecule has 2 heterocycles. The summed E-state index contributed by atoms with van der Waals surface area (Å²) in [6.45, 7) is 3.01. The topological polar surface area (TPSA) is 75.4 Å². The van der Waals surface area contributed by atoms with Gasteiger partial charge >= 0.3 is 0 Å². The van der Waals surface area contributed by atoms with Crippen LogP contribution in [0.2, 0.25) is 0 Å². The third-order valence-electron chi connectivity index (χ3n) is 3.10. The summed E-state index contributed by atoms with van der Waals surface area (Å²) in [5.74, 6) is 0. The van der Waals surface area contributed by atoms with Crippen LogP contribution in [-0.2, 0) is 16.4 Å². The first kappa shape index (κ1) is 13.5. The van der Waals surface area contributed by atoms with E-state index >= 15 is 0 Å². The lowest BCUT2D eigenvalue weighted by Crippen LogP contribution is -2.32. The van der Waals surface area contributed by atoms with Gasteiger partial charge in [-0.3, -0.25) is 4.68 Å². The van der Waals surface area contributed by atoms with Gasteiger partial charge in [0, 0.05) is 19.0 Å². The highest BCUT2D eigenvalue weighted by atomic mass is 32.2. The zero-order valence-electron chi connectivity index (χ0n) is 10.5. The first-order chi connectivity index (χ1) is 8.45. The number of likely N-dealkylation sites (tertiary alicyclic amines) is 1. The van der Waals surface area contributed by atoms with Gasteiger partial charge in [0.2, 0.25) is 0 Å². The number of rotatable bonds is 5. The molecule has 0 radical (unpaired) electrons. The molecule has 0 spiro atoms. The number of aromatic nitrogens is 2. The first-order valence-corrected chi connectivity index (χ1v) is 7.97. The van der Waals surface area contributed by atoms with Gasteiger partial charge in [-0.2, -0.15) is 5.10 Å². The van der Waals surface area contributed by atoms with E-state index in [9.17, 15) is 13.5 Å². The molecular weight excluding hydrogens is 254 g/mol. The Morgan fingerprint density at radius 2 is 2.06 bits per heavy atom. The van der Waals surface area contributed by atoms with E-state index in [1.807, 2.05) is 0 Å². The summed E-state index contributed by atoms with van der Waals surface area (Å²) in [6.07, 6.45) is 5.78. The molecule has 0 aromatic carbocycles. The maximum Gasteiger partial charge on any atom is 0.178 e. The molecule has 7 heteroatoms. The van der Waals surface area contributed by atoms with E-state index in [2.05, 4.69) is 10.00 Å². The molecule has 1 atom stereocenters. The number of hydrogen-bond acceptors (Lipinski definition) is 5. The lowest BCUT2D eigenvalue weighted by molar-refractivity contribution is 0.105. The van der Waals surface area contributed by atoms with Crippen molar-refractivity contribution in [3.05, 3.63) is 12.4 Å². The van der Waals surface area contributed by atoms with E-state index in [1.165, 1.54) is 29.9 Å². The molecular formula is C11H19N3O3S. The standard InChI is InChI=1S/C11H19N3O3S/c1-18(16,17)11-6-12-14(9-11)8-10(15)7-13-4-2-3-5-13/h6,9-10,15H,2-5,7-8H2,1H3. The average molecular weight is 273 g/mol. The van der Waals surface area contributed by atoms with Crippen molar-refractivity contribution in [3.8, 4) is 0 Å². The Bertz CT molecular complexity index is 491. The molecule has 0 saturated carbocycles. The monoisotopic (exact) mass is 273 g/mol. The fraction of sp³-hybridized carbons (Fsp3) is 0.727. The van der Waals surface area contributed by atoms with Gasteiger partial charge in [-0.15, -0.1) is 0 Å². The predicted molar refractivity (Wildman–Crippen MR) is 67.0 cm³/mol. The summed E-state index contributed by atoms with van der Waals surface area (Å²) < 4.78 is 24.1. The molecule has 18 heavy (non-hydrogen) atoms. The number of β-amino-alcohol motifs (C(OH)–C–C–N with tert-alkyl or cyclic N) is 1. The summed E-state index contributed by atoms with van der Waals surface area (Å²) in [5, 5.41) is 13.9. The smallest absolute Gasteiger partial charge is 0.178 e. The number of nitrogens with zero attached hydrogens (tertiary/aromatic N) is 3. The molecule has 0 aliphatic carbocycles. The Morgan fingerprint density at radius 3 is 2.61 bits per heavy atom. The van der Waals surface area contributed by atoms with E-state index in [1.54, 1.807) is 0 Å². The van der Waals surface area contributed by atoms with Crippen LogP contribution in [0.5, 0.6) is 0 Å².